The molecule has 12 heteroatoms. The Morgan fingerprint density at radius 2 is 1.54 bits per heavy atom. The van der Waals surface area contributed by atoms with Gasteiger partial charge in [-0.2, -0.15) is 24.3 Å². The molecule has 1 unspecified atom stereocenters. The largest absolute Gasteiger partial charge is 0.444 e. The minimum atomic E-state index is -1.92. The number of halogens is 1. The Morgan fingerprint density at radius 1 is 1.06 bits per heavy atom. The second-order valence-corrected chi connectivity index (χ2v) is 16.0. The van der Waals surface area contributed by atoms with E-state index >= 15 is 0 Å². The molecule has 10 nitrogen and oxygen atoms in total. The summed E-state index contributed by atoms with van der Waals surface area (Å²) >= 11 is 2.30. The number of hydrogen-bond donors (Lipinski definition) is 1. The Balaban J connectivity index is 0. The molecule has 0 saturated heterocycles. The first kappa shape index (κ1) is 35.3. The van der Waals surface area contributed by atoms with E-state index in [2.05, 4.69) is 80.3 Å². The van der Waals surface area contributed by atoms with Gasteiger partial charge in [-0.05, 0) is 74.3 Å². The van der Waals surface area contributed by atoms with Gasteiger partial charge in [-0.3, -0.25) is 4.68 Å². The van der Waals surface area contributed by atoms with E-state index in [1.54, 1.807) is 0 Å². The second-order valence-electron chi connectivity index (χ2n) is 10.1. The Bertz CT molecular complexity index is 850. The fourth-order valence-corrected chi connectivity index (χ4v) is 4.72. The molecule has 0 aliphatic heterocycles. The Hall–Kier alpha value is -1.85. The molecule has 200 valence electrons. The van der Waals surface area contributed by atoms with E-state index in [-0.39, 0.29) is 23.4 Å². The van der Waals surface area contributed by atoms with E-state index in [4.69, 9.17) is 33.4 Å². The minimum absolute atomic E-state index is 0.0830. The van der Waals surface area contributed by atoms with Crippen LogP contribution in [-0.4, -0.2) is 55.2 Å². The molecule has 1 aromatic rings. The van der Waals surface area contributed by atoms with Crippen molar-refractivity contribution in [3.8, 4) is 0 Å². The van der Waals surface area contributed by atoms with E-state index in [0.29, 0.717) is 13.2 Å². The van der Waals surface area contributed by atoms with Gasteiger partial charge in [-0.1, -0.05) is 34.6 Å². The van der Waals surface area contributed by atoms with Crippen LogP contribution >= 0.6 is 22.6 Å². The van der Waals surface area contributed by atoms with Crippen LogP contribution in [0.1, 0.15) is 72.7 Å². The van der Waals surface area contributed by atoms with Crippen LogP contribution < -0.4 is 5.32 Å². The highest BCUT2D eigenvalue weighted by Crippen LogP contribution is 2.37. The smallest absolute Gasteiger partial charge is 0.407 e. The zero-order chi connectivity index (χ0) is 28.0. The third kappa shape index (κ3) is 13.1. The highest BCUT2D eigenvalue weighted by Gasteiger charge is 2.38. The molecule has 1 amide bonds. The van der Waals surface area contributed by atoms with Gasteiger partial charge in [0.1, 0.15) is 9.30 Å². The van der Waals surface area contributed by atoms with Crippen LogP contribution in [0.15, 0.2) is 0 Å². The average molecular weight is 626 g/mol. The van der Waals surface area contributed by atoms with E-state index in [9.17, 15) is 4.79 Å². The summed E-state index contributed by atoms with van der Waals surface area (Å²) in [5.74, 6) is 0. The molecule has 0 radical (unpaired) electrons. The molecule has 0 saturated carbocycles. The number of aromatic nitrogens is 2. The van der Waals surface area contributed by atoms with Crippen molar-refractivity contribution in [2.45, 2.75) is 98.0 Å². The van der Waals surface area contributed by atoms with Gasteiger partial charge in [-0.25, -0.2) is 4.79 Å². The lowest BCUT2D eigenvalue weighted by Crippen LogP contribution is -2.44. The minimum Gasteiger partial charge on any atom is -0.444 e. The SMILES string of the molecule is CCc1c(I)nn(C(CNC(=O)OC(C)(C)C)CO[Si](C)(C)C(C)(C)C)c1CC.O=C=O.O=C=O. The molecular formula is C23H40IN3O7Si. The predicted octanol–water partition coefficient (Wildman–Crippen LogP) is 4.53. The van der Waals surface area contributed by atoms with Gasteiger partial charge in [-0.15, -0.1) is 0 Å². The number of carbonyl (C=O) groups is 1. The lowest BCUT2D eigenvalue weighted by molar-refractivity contribution is -0.193. The molecular weight excluding hydrogens is 585 g/mol. The number of amides is 1. The van der Waals surface area contributed by atoms with Crippen molar-refractivity contribution in [3.05, 3.63) is 15.0 Å². The topological polar surface area (TPSA) is 134 Å². The number of hydrogen-bond acceptors (Lipinski definition) is 8. The number of rotatable bonds is 8. The maximum absolute atomic E-state index is 12.2. The van der Waals surface area contributed by atoms with Gasteiger partial charge in [0.15, 0.2) is 8.32 Å². The first-order valence-electron chi connectivity index (χ1n) is 11.3. The summed E-state index contributed by atoms with van der Waals surface area (Å²) in [7, 11) is -1.92. The van der Waals surface area contributed by atoms with Gasteiger partial charge in [0.25, 0.3) is 0 Å². The van der Waals surface area contributed by atoms with Gasteiger partial charge < -0.3 is 14.5 Å². The van der Waals surface area contributed by atoms with Crippen LogP contribution in [0.4, 0.5) is 4.79 Å². The van der Waals surface area contributed by atoms with Crippen molar-refractivity contribution in [2.75, 3.05) is 13.2 Å². The maximum Gasteiger partial charge on any atom is 0.407 e. The highest BCUT2D eigenvalue weighted by molar-refractivity contribution is 14.1. The standard InChI is InChI=1S/C21H40IN3O3Si.2CO2/c1-11-16-17(12-2)25(24-18(16)22)15(13-23-19(26)28-20(3,4)5)14-27-29(9,10)21(6,7)8;2*2-1-3/h15H,11-14H2,1-10H3,(H,23,26);;. The van der Waals surface area contributed by atoms with E-state index in [1.165, 1.54) is 11.3 Å². The van der Waals surface area contributed by atoms with Gasteiger partial charge >= 0.3 is 18.4 Å². The quantitative estimate of drug-likeness (QED) is 0.329. The van der Waals surface area contributed by atoms with Crippen LogP contribution in [0, 0.1) is 3.70 Å². The molecule has 1 atom stereocenters. The Kier molecular flexibility index (Phi) is 16.1. The number of ether oxygens (including phenoxy) is 1. The number of nitrogens with zero attached hydrogens (tertiary/aromatic N) is 2. The molecule has 0 bridgehead atoms. The van der Waals surface area contributed by atoms with Crippen molar-refractivity contribution in [1.29, 1.82) is 0 Å². The third-order valence-corrected chi connectivity index (χ3v) is 10.8. The summed E-state index contributed by atoms with van der Waals surface area (Å²) in [5.41, 5.74) is 1.97. The first-order valence-corrected chi connectivity index (χ1v) is 15.3. The van der Waals surface area contributed by atoms with Crippen LogP contribution in [-0.2, 0) is 41.2 Å². The van der Waals surface area contributed by atoms with Crippen LogP contribution in [0.5, 0.6) is 0 Å². The lowest BCUT2D eigenvalue weighted by atomic mass is 10.1. The van der Waals surface area contributed by atoms with Crippen molar-refractivity contribution in [1.82, 2.24) is 15.1 Å². The summed E-state index contributed by atoms with van der Waals surface area (Å²) in [4.78, 5) is 44.7. The van der Waals surface area contributed by atoms with Crippen molar-refractivity contribution < 1.29 is 33.1 Å². The van der Waals surface area contributed by atoms with Gasteiger partial charge in [0, 0.05) is 17.8 Å². The fraction of sp³-hybridized carbons (Fsp3) is 0.739. The lowest BCUT2D eigenvalue weighted by Gasteiger charge is -2.37. The first-order chi connectivity index (χ1) is 16.0. The summed E-state index contributed by atoms with van der Waals surface area (Å²) in [6.07, 6.45) is 1.92. The summed E-state index contributed by atoms with van der Waals surface area (Å²) < 4.78 is 15.0. The second kappa shape index (κ2) is 16.0. The molecule has 0 aliphatic rings. The zero-order valence-corrected chi connectivity index (χ0v) is 25.7. The fourth-order valence-electron chi connectivity index (χ4n) is 2.75. The third-order valence-electron chi connectivity index (χ3n) is 5.43. The number of alkyl carbamates (subject to hydrolysis) is 1. The summed E-state index contributed by atoms with van der Waals surface area (Å²) in [6, 6.07) is -0.0830. The molecule has 1 aromatic heterocycles. The zero-order valence-electron chi connectivity index (χ0n) is 22.5. The molecule has 0 spiro atoms. The average Bonchev–Trinajstić information content (AvgIpc) is 3.02. The van der Waals surface area contributed by atoms with E-state index < -0.39 is 20.0 Å². The van der Waals surface area contributed by atoms with Crippen molar-refractivity contribution >= 4 is 49.3 Å². The molecule has 0 fully saturated rings. The van der Waals surface area contributed by atoms with Crippen LogP contribution in [0.2, 0.25) is 18.1 Å². The molecule has 1 heterocycles. The Morgan fingerprint density at radius 3 is 1.91 bits per heavy atom. The monoisotopic (exact) mass is 625 g/mol. The molecule has 1 N–H and O–H groups in total. The van der Waals surface area contributed by atoms with Gasteiger partial charge in [0.2, 0.25) is 0 Å². The van der Waals surface area contributed by atoms with Crippen LogP contribution in [0.25, 0.3) is 0 Å². The van der Waals surface area contributed by atoms with Gasteiger partial charge in [0.05, 0.1) is 12.6 Å². The highest BCUT2D eigenvalue weighted by atomic mass is 127. The summed E-state index contributed by atoms with van der Waals surface area (Å²) in [6.45, 7) is 22.0. The van der Waals surface area contributed by atoms with Crippen molar-refractivity contribution in [3.63, 3.8) is 0 Å². The number of carbonyl (C=O) groups excluding carboxylic acids is 5. The summed E-state index contributed by atoms with van der Waals surface area (Å²) in [5, 5.41) is 7.86. The molecule has 1 rings (SSSR count). The molecule has 0 aromatic carbocycles. The van der Waals surface area contributed by atoms with Crippen LogP contribution in [0.3, 0.4) is 0 Å². The Labute approximate surface area is 223 Å². The number of nitrogens with one attached hydrogen (secondary N) is 1. The maximum atomic E-state index is 12.2. The molecule has 0 aliphatic carbocycles. The van der Waals surface area contributed by atoms with E-state index in [1.807, 2.05) is 20.8 Å². The van der Waals surface area contributed by atoms with E-state index in [0.717, 1.165) is 16.5 Å². The predicted molar refractivity (Wildman–Crippen MR) is 140 cm³/mol. The normalized spacial score (nSPS) is 12.1. The molecule has 35 heavy (non-hydrogen) atoms. The van der Waals surface area contributed by atoms with Crippen molar-refractivity contribution in [2.24, 2.45) is 0 Å².